The van der Waals surface area contributed by atoms with Crippen LogP contribution in [-0.4, -0.2) is 60.9 Å². The van der Waals surface area contributed by atoms with Crippen molar-refractivity contribution in [2.45, 2.75) is 25.5 Å². The van der Waals surface area contributed by atoms with Gasteiger partial charge in [-0.1, -0.05) is 0 Å². The first-order chi connectivity index (χ1) is 6.98. The molecule has 15 heavy (non-hydrogen) atoms. The van der Waals surface area contributed by atoms with Crippen molar-refractivity contribution in [3.05, 3.63) is 0 Å². The van der Waals surface area contributed by atoms with Crippen LogP contribution in [0, 0.1) is 0 Å². The molecule has 0 bridgehead atoms. The van der Waals surface area contributed by atoms with Gasteiger partial charge in [-0.25, -0.2) is 0 Å². The second kappa shape index (κ2) is 4.92. The minimum absolute atomic E-state index is 0.0267. The van der Waals surface area contributed by atoms with E-state index in [4.69, 9.17) is 9.84 Å². The normalized spacial score (nSPS) is 20.5. The van der Waals surface area contributed by atoms with Gasteiger partial charge < -0.3 is 20.1 Å². The third-order valence-corrected chi connectivity index (χ3v) is 2.86. The molecular formula is C10H20N2O3. The summed E-state index contributed by atoms with van der Waals surface area (Å²) < 4.78 is 5.51. The fourth-order valence-corrected chi connectivity index (χ4v) is 1.29. The molecule has 0 spiro atoms. The van der Waals surface area contributed by atoms with Gasteiger partial charge in [-0.3, -0.25) is 4.79 Å². The average Bonchev–Trinajstić information content (AvgIpc) is 2.20. The molecule has 1 rings (SSSR count). The Bertz CT molecular complexity index is 229. The van der Waals surface area contributed by atoms with Crippen LogP contribution in [0.2, 0.25) is 0 Å². The van der Waals surface area contributed by atoms with E-state index in [-0.39, 0.29) is 30.8 Å². The molecule has 0 aromatic carbocycles. The van der Waals surface area contributed by atoms with Crippen LogP contribution < -0.4 is 5.32 Å². The van der Waals surface area contributed by atoms with E-state index in [1.165, 1.54) is 4.90 Å². The van der Waals surface area contributed by atoms with Crippen LogP contribution in [0.25, 0.3) is 0 Å². The monoisotopic (exact) mass is 216 g/mol. The van der Waals surface area contributed by atoms with Gasteiger partial charge in [0.25, 0.3) is 0 Å². The minimum Gasteiger partial charge on any atom is -0.394 e. The van der Waals surface area contributed by atoms with Crippen molar-refractivity contribution in [3.8, 4) is 0 Å². The zero-order chi connectivity index (χ0) is 11.5. The molecule has 1 heterocycles. The lowest BCUT2D eigenvalue weighted by atomic mass is 10.0. The lowest BCUT2D eigenvalue weighted by molar-refractivity contribution is -0.147. The quantitative estimate of drug-likeness (QED) is 0.632. The van der Waals surface area contributed by atoms with Crippen LogP contribution in [0.15, 0.2) is 0 Å². The molecular weight excluding hydrogens is 196 g/mol. The van der Waals surface area contributed by atoms with E-state index in [2.05, 4.69) is 5.32 Å². The summed E-state index contributed by atoms with van der Waals surface area (Å²) >= 11 is 0. The van der Waals surface area contributed by atoms with E-state index in [1.807, 2.05) is 6.92 Å². The van der Waals surface area contributed by atoms with Crippen molar-refractivity contribution in [1.82, 2.24) is 10.2 Å². The second-order valence-corrected chi connectivity index (χ2v) is 4.38. The Balaban J connectivity index is 2.29. The third kappa shape index (κ3) is 3.15. The minimum atomic E-state index is -0.195. The molecule has 1 fully saturated rings. The average molecular weight is 216 g/mol. The number of nitrogens with zero attached hydrogens (tertiary/aromatic N) is 1. The number of hydrogen-bond donors (Lipinski definition) is 2. The van der Waals surface area contributed by atoms with Crippen LogP contribution in [0.4, 0.5) is 0 Å². The Morgan fingerprint density at radius 3 is 2.67 bits per heavy atom. The molecule has 5 heteroatoms. The Kier molecular flexibility index (Phi) is 4.07. The van der Waals surface area contributed by atoms with Crippen molar-refractivity contribution in [2.75, 3.05) is 33.4 Å². The van der Waals surface area contributed by atoms with E-state index >= 15 is 0 Å². The number of rotatable bonds is 5. The van der Waals surface area contributed by atoms with E-state index < -0.39 is 0 Å². The number of carbonyl (C=O) groups is 1. The second-order valence-electron chi connectivity index (χ2n) is 4.38. The van der Waals surface area contributed by atoms with Crippen LogP contribution in [0.5, 0.6) is 0 Å². The summed E-state index contributed by atoms with van der Waals surface area (Å²) in [5.41, 5.74) is -0.195. The number of aliphatic hydroxyl groups is 1. The number of carbonyl (C=O) groups excluding carboxylic acids is 1. The molecule has 0 aliphatic carbocycles. The maximum atomic E-state index is 11.6. The van der Waals surface area contributed by atoms with Gasteiger partial charge in [0, 0.05) is 20.1 Å². The number of nitrogens with one attached hydrogen (secondary N) is 1. The zero-order valence-electron chi connectivity index (χ0n) is 9.62. The van der Waals surface area contributed by atoms with E-state index in [0.29, 0.717) is 0 Å². The number of likely N-dealkylation sites (N-methyl/N-ethyl adjacent to an activating group) is 1. The Morgan fingerprint density at radius 1 is 1.67 bits per heavy atom. The van der Waals surface area contributed by atoms with Crippen LogP contribution in [-0.2, 0) is 9.53 Å². The summed E-state index contributed by atoms with van der Waals surface area (Å²) in [6.07, 6.45) is 0. The van der Waals surface area contributed by atoms with Crippen molar-refractivity contribution < 1.29 is 14.6 Å². The number of ether oxygens (including phenoxy) is 1. The number of aliphatic hydroxyl groups excluding tert-OH is 1. The Labute approximate surface area is 90.4 Å². The first-order valence-electron chi connectivity index (χ1n) is 5.20. The summed E-state index contributed by atoms with van der Waals surface area (Å²) in [6, 6.07) is -0.159. The molecule has 88 valence electrons. The highest BCUT2D eigenvalue weighted by atomic mass is 16.5. The predicted molar refractivity (Wildman–Crippen MR) is 56.5 cm³/mol. The Morgan fingerprint density at radius 2 is 2.27 bits per heavy atom. The summed E-state index contributed by atoms with van der Waals surface area (Å²) in [7, 11) is 1.67. The predicted octanol–water partition coefficient (Wildman–Crippen LogP) is -0.796. The van der Waals surface area contributed by atoms with E-state index in [0.717, 1.165) is 13.1 Å². The van der Waals surface area contributed by atoms with Gasteiger partial charge in [0.15, 0.2) is 0 Å². The summed E-state index contributed by atoms with van der Waals surface area (Å²) in [6.45, 7) is 5.41. The molecule has 1 saturated heterocycles. The van der Waals surface area contributed by atoms with Crippen LogP contribution in [0.1, 0.15) is 13.8 Å². The molecule has 1 atom stereocenters. The topological polar surface area (TPSA) is 61.8 Å². The highest BCUT2D eigenvalue weighted by molar-refractivity contribution is 5.77. The highest BCUT2D eigenvalue weighted by Gasteiger charge is 2.33. The molecule has 0 radical (unpaired) electrons. The van der Waals surface area contributed by atoms with Gasteiger partial charge in [-0.05, 0) is 13.8 Å². The summed E-state index contributed by atoms with van der Waals surface area (Å²) in [5, 5.41) is 12.0. The lowest BCUT2D eigenvalue weighted by Gasteiger charge is -2.39. The lowest BCUT2D eigenvalue weighted by Crippen LogP contribution is -2.59. The molecule has 1 amide bonds. The van der Waals surface area contributed by atoms with E-state index in [1.54, 1.807) is 14.0 Å². The van der Waals surface area contributed by atoms with Crippen molar-refractivity contribution >= 4 is 5.91 Å². The first kappa shape index (κ1) is 12.4. The molecule has 0 aromatic heterocycles. The molecule has 0 aromatic rings. The first-order valence-corrected chi connectivity index (χ1v) is 5.20. The smallest absolute Gasteiger partial charge is 0.248 e. The van der Waals surface area contributed by atoms with Crippen molar-refractivity contribution in [3.63, 3.8) is 0 Å². The molecule has 5 nitrogen and oxygen atoms in total. The third-order valence-electron chi connectivity index (χ3n) is 2.86. The van der Waals surface area contributed by atoms with Crippen LogP contribution >= 0.6 is 0 Å². The van der Waals surface area contributed by atoms with E-state index in [9.17, 15) is 4.79 Å². The SMILES string of the molecule is CC(CO)N(C)C(=O)COC1(C)CNC1. The standard InChI is InChI=1S/C10H20N2O3/c1-8(4-13)12(3)9(14)5-15-10(2)6-11-7-10/h8,11,13H,4-7H2,1-3H3. The molecule has 0 saturated carbocycles. The van der Waals surface area contributed by atoms with Crippen LogP contribution in [0.3, 0.4) is 0 Å². The Hall–Kier alpha value is -0.650. The van der Waals surface area contributed by atoms with Gasteiger partial charge in [0.05, 0.1) is 18.2 Å². The van der Waals surface area contributed by atoms with Gasteiger partial charge in [-0.2, -0.15) is 0 Å². The molecule has 2 N–H and O–H groups in total. The van der Waals surface area contributed by atoms with Gasteiger partial charge >= 0.3 is 0 Å². The van der Waals surface area contributed by atoms with Gasteiger partial charge in [0.1, 0.15) is 6.61 Å². The summed E-state index contributed by atoms with van der Waals surface area (Å²) in [5.74, 6) is -0.0929. The highest BCUT2D eigenvalue weighted by Crippen LogP contribution is 2.15. The fraction of sp³-hybridized carbons (Fsp3) is 0.900. The van der Waals surface area contributed by atoms with Crippen molar-refractivity contribution in [1.29, 1.82) is 0 Å². The fourth-order valence-electron chi connectivity index (χ4n) is 1.29. The van der Waals surface area contributed by atoms with Crippen molar-refractivity contribution in [2.24, 2.45) is 0 Å². The zero-order valence-corrected chi connectivity index (χ0v) is 9.62. The number of hydrogen-bond acceptors (Lipinski definition) is 4. The maximum absolute atomic E-state index is 11.6. The number of amides is 1. The van der Waals surface area contributed by atoms with Gasteiger partial charge in [-0.15, -0.1) is 0 Å². The maximum Gasteiger partial charge on any atom is 0.248 e. The molecule has 1 aliphatic heterocycles. The largest absolute Gasteiger partial charge is 0.394 e. The summed E-state index contributed by atoms with van der Waals surface area (Å²) in [4.78, 5) is 13.1. The van der Waals surface area contributed by atoms with Gasteiger partial charge in [0.2, 0.25) is 5.91 Å². The molecule has 1 aliphatic rings. The molecule has 1 unspecified atom stereocenters.